The second kappa shape index (κ2) is 5.73. The maximum absolute atomic E-state index is 13.4. The van der Waals surface area contributed by atoms with Crippen molar-refractivity contribution >= 4 is 5.71 Å². The minimum Gasteiger partial charge on any atom is -0.464 e. The van der Waals surface area contributed by atoms with Crippen LogP contribution < -0.4 is 4.74 Å². The zero-order valence-corrected chi connectivity index (χ0v) is 14.2. The van der Waals surface area contributed by atoms with Crippen LogP contribution in [0.5, 0.6) is 5.75 Å². The van der Waals surface area contributed by atoms with E-state index in [1.165, 1.54) is 12.1 Å². The van der Waals surface area contributed by atoms with Crippen molar-refractivity contribution in [3.63, 3.8) is 0 Å². The van der Waals surface area contributed by atoms with E-state index in [0.717, 1.165) is 40.5 Å². The summed E-state index contributed by atoms with van der Waals surface area (Å²) in [4.78, 5) is 0. The summed E-state index contributed by atoms with van der Waals surface area (Å²) in [6.07, 6.45) is 0.342. The highest BCUT2D eigenvalue weighted by molar-refractivity contribution is 5.99. The summed E-state index contributed by atoms with van der Waals surface area (Å²) in [6, 6.07) is 18.4. The van der Waals surface area contributed by atoms with E-state index in [1.54, 1.807) is 12.1 Å². The van der Waals surface area contributed by atoms with Gasteiger partial charge in [0, 0.05) is 17.5 Å². The van der Waals surface area contributed by atoms with Gasteiger partial charge in [0.2, 0.25) is 6.23 Å². The zero-order valence-electron chi connectivity index (χ0n) is 14.2. The van der Waals surface area contributed by atoms with Gasteiger partial charge in [-0.3, -0.25) is 0 Å². The largest absolute Gasteiger partial charge is 0.464 e. The van der Waals surface area contributed by atoms with E-state index in [-0.39, 0.29) is 11.9 Å². The van der Waals surface area contributed by atoms with Crippen LogP contribution in [0.4, 0.5) is 4.39 Å². The highest BCUT2D eigenvalue weighted by Gasteiger charge is 2.41. The number of fused-ring (bicyclic) bond motifs is 3. The van der Waals surface area contributed by atoms with Gasteiger partial charge in [0.1, 0.15) is 28.8 Å². The Morgan fingerprint density at radius 3 is 2.62 bits per heavy atom. The van der Waals surface area contributed by atoms with Gasteiger partial charge >= 0.3 is 0 Å². The molecule has 0 amide bonds. The number of hydrogen-bond acceptors (Lipinski definition) is 4. The van der Waals surface area contributed by atoms with Gasteiger partial charge in [0.25, 0.3) is 0 Å². The molecule has 0 unspecified atom stereocenters. The molecular formula is C21H17FN2O2. The van der Waals surface area contributed by atoms with Crippen molar-refractivity contribution in [3.05, 3.63) is 89.1 Å². The van der Waals surface area contributed by atoms with Crippen LogP contribution in [0.2, 0.25) is 0 Å². The van der Waals surface area contributed by atoms with E-state index >= 15 is 0 Å². The van der Waals surface area contributed by atoms with Gasteiger partial charge in [0.05, 0.1) is 6.04 Å². The Hall–Kier alpha value is -3.08. The van der Waals surface area contributed by atoms with Crippen LogP contribution in [0.3, 0.4) is 0 Å². The van der Waals surface area contributed by atoms with E-state index in [9.17, 15) is 4.39 Å². The highest BCUT2D eigenvalue weighted by Crippen LogP contribution is 2.47. The molecule has 5 heteroatoms. The van der Waals surface area contributed by atoms with Crippen LogP contribution in [0.1, 0.15) is 41.3 Å². The van der Waals surface area contributed by atoms with Crippen molar-refractivity contribution in [2.75, 3.05) is 0 Å². The van der Waals surface area contributed by atoms with E-state index in [2.05, 4.69) is 6.07 Å². The number of ether oxygens (including phenoxy) is 1. The summed E-state index contributed by atoms with van der Waals surface area (Å²) in [5.41, 5.74) is 2.87. The van der Waals surface area contributed by atoms with Crippen molar-refractivity contribution in [2.45, 2.75) is 25.6 Å². The van der Waals surface area contributed by atoms with Crippen molar-refractivity contribution in [2.24, 2.45) is 5.10 Å². The average molecular weight is 348 g/mol. The lowest BCUT2D eigenvalue weighted by atomic mass is 9.97. The quantitative estimate of drug-likeness (QED) is 0.656. The first kappa shape index (κ1) is 15.2. The summed E-state index contributed by atoms with van der Waals surface area (Å²) in [5, 5.41) is 6.77. The van der Waals surface area contributed by atoms with Crippen LogP contribution in [0.25, 0.3) is 0 Å². The standard InChI is InChI=1S/C21H17FN2O2/c1-13-6-11-20(25-13)17-12-18-16-4-2-3-5-19(16)26-21(24(18)23-17)14-7-9-15(22)10-8-14/h2-11,18,21H,12H2,1H3/t18-,21+/m1/s1. The Kier molecular flexibility index (Phi) is 3.35. The van der Waals surface area contributed by atoms with Gasteiger partial charge < -0.3 is 9.15 Å². The molecule has 0 saturated carbocycles. The molecule has 0 aliphatic carbocycles. The predicted octanol–water partition coefficient (Wildman–Crippen LogP) is 4.97. The van der Waals surface area contributed by atoms with Crippen LogP contribution in [0, 0.1) is 12.7 Å². The second-order valence-electron chi connectivity index (χ2n) is 6.62. The molecule has 130 valence electrons. The van der Waals surface area contributed by atoms with Gasteiger partial charge in [0.15, 0.2) is 0 Å². The second-order valence-corrected chi connectivity index (χ2v) is 6.62. The fraction of sp³-hybridized carbons (Fsp3) is 0.190. The number of hydrogen-bond donors (Lipinski definition) is 0. The Labute approximate surface area is 150 Å². The molecule has 0 radical (unpaired) electrons. The third-order valence-electron chi connectivity index (χ3n) is 4.88. The predicted molar refractivity (Wildman–Crippen MR) is 95.4 cm³/mol. The first-order valence-electron chi connectivity index (χ1n) is 8.63. The van der Waals surface area contributed by atoms with Crippen LogP contribution in [-0.4, -0.2) is 10.7 Å². The number of aryl methyl sites for hydroxylation is 1. The lowest BCUT2D eigenvalue weighted by molar-refractivity contribution is -0.0190. The van der Waals surface area contributed by atoms with Gasteiger partial charge in [-0.05, 0) is 37.3 Å². The lowest BCUT2D eigenvalue weighted by Crippen LogP contribution is -2.33. The molecule has 2 aliphatic rings. The van der Waals surface area contributed by atoms with E-state index in [4.69, 9.17) is 14.3 Å². The molecule has 4 nitrogen and oxygen atoms in total. The number of furan rings is 1. The molecule has 0 saturated heterocycles. The van der Waals surface area contributed by atoms with E-state index in [1.807, 2.05) is 42.3 Å². The number of benzene rings is 2. The summed E-state index contributed by atoms with van der Waals surface area (Å²) in [7, 11) is 0. The SMILES string of the molecule is Cc1ccc(C2=NN3[C@H](C2)c2ccccc2O[C@H]3c2ccc(F)cc2)o1. The van der Waals surface area contributed by atoms with Crippen molar-refractivity contribution in [3.8, 4) is 5.75 Å². The molecule has 0 N–H and O–H groups in total. The minimum absolute atomic E-state index is 0.0652. The van der Waals surface area contributed by atoms with Gasteiger partial charge in [-0.15, -0.1) is 0 Å². The van der Waals surface area contributed by atoms with E-state index in [0.29, 0.717) is 0 Å². The maximum Gasteiger partial charge on any atom is 0.213 e. The first-order chi connectivity index (χ1) is 12.7. The number of nitrogens with zero attached hydrogens (tertiary/aromatic N) is 2. The monoisotopic (exact) mass is 348 g/mol. The normalized spacial score (nSPS) is 21.0. The molecular weight excluding hydrogens is 331 g/mol. The summed E-state index contributed by atoms with van der Waals surface area (Å²) < 4.78 is 25.3. The molecule has 1 aromatic heterocycles. The molecule has 2 atom stereocenters. The molecule has 0 fully saturated rings. The van der Waals surface area contributed by atoms with Gasteiger partial charge in [-0.25, -0.2) is 9.40 Å². The summed E-state index contributed by atoms with van der Waals surface area (Å²) >= 11 is 0. The van der Waals surface area contributed by atoms with E-state index < -0.39 is 6.23 Å². The lowest BCUT2D eigenvalue weighted by Gasteiger charge is -2.38. The number of rotatable bonds is 2. The average Bonchev–Trinajstić information content (AvgIpc) is 3.28. The van der Waals surface area contributed by atoms with Crippen molar-refractivity contribution in [1.82, 2.24) is 5.01 Å². The highest BCUT2D eigenvalue weighted by atomic mass is 19.1. The Morgan fingerprint density at radius 2 is 1.85 bits per heavy atom. The summed E-state index contributed by atoms with van der Waals surface area (Å²) in [5.74, 6) is 2.22. The van der Waals surface area contributed by atoms with Crippen molar-refractivity contribution < 1.29 is 13.5 Å². The summed E-state index contributed by atoms with van der Waals surface area (Å²) in [6.45, 7) is 1.92. The van der Waals surface area contributed by atoms with Gasteiger partial charge in [-0.2, -0.15) is 5.10 Å². The Bertz CT molecular complexity index is 993. The molecule has 2 aliphatic heterocycles. The third kappa shape index (κ3) is 2.39. The molecule has 3 heterocycles. The number of hydrazone groups is 1. The fourth-order valence-corrected chi connectivity index (χ4v) is 3.62. The van der Waals surface area contributed by atoms with Crippen LogP contribution in [-0.2, 0) is 0 Å². The van der Waals surface area contributed by atoms with Crippen molar-refractivity contribution in [1.29, 1.82) is 0 Å². The Morgan fingerprint density at radius 1 is 1.04 bits per heavy atom. The smallest absolute Gasteiger partial charge is 0.213 e. The minimum atomic E-state index is -0.399. The molecule has 26 heavy (non-hydrogen) atoms. The molecule has 3 aromatic rings. The molecule has 0 spiro atoms. The van der Waals surface area contributed by atoms with Crippen LogP contribution >= 0.6 is 0 Å². The molecule has 0 bridgehead atoms. The Balaban J connectivity index is 1.59. The topological polar surface area (TPSA) is 38.0 Å². The van der Waals surface area contributed by atoms with Crippen LogP contribution in [0.15, 0.2) is 70.2 Å². The molecule has 5 rings (SSSR count). The zero-order chi connectivity index (χ0) is 17.7. The third-order valence-corrected chi connectivity index (χ3v) is 4.88. The fourth-order valence-electron chi connectivity index (χ4n) is 3.62. The van der Waals surface area contributed by atoms with Gasteiger partial charge in [-0.1, -0.05) is 30.3 Å². The molecule has 2 aromatic carbocycles. The number of halogens is 1. The maximum atomic E-state index is 13.4. The first-order valence-corrected chi connectivity index (χ1v) is 8.63. The number of para-hydroxylation sites is 1.